The number of nitrogens with one attached hydrogen (secondary N) is 1. The highest BCUT2D eigenvalue weighted by atomic mass is 16.3. The van der Waals surface area contributed by atoms with E-state index in [1.165, 1.54) is 24.2 Å². The van der Waals surface area contributed by atoms with Crippen LogP contribution in [0.3, 0.4) is 0 Å². The predicted molar refractivity (Wildman–Crippen MR) is 60.5 cm³/mol. The lowest BCUT2D eigenvalue weighted by atomic mass is 9.87. The molecule has 0 aliphatic carbocycles. The number of anilines is 1. The van der Waals surface area contributed by atoms with Gasteiger partial charge in [-0.1, -0.05) is 0 Å². The molecule has 4 heteroatoms. The maximum atomic E-state index is 5.44. The molecule has 0 spiro atoms. The fraction of sp³-hybridized carbons (Fsp3) is 0.417. The molecule has 5 rings (SSSR count). The Morgan fingerprint density at radius 3 is 3.00 bits per heavy atom. The molecule has 0 aromatic carbocycles. The van der Waals surface area contributed by atoms with Gasteiger partial charge in [-0.25, -0.2) is 0 Å². The molecule has 3 aliphatic heterocycles. The van der Waals surface area contributed by atoms with E-state index >= 15 is 0 Å². The fourth-order valence-electron chi connectivity index (χ4n) is 2.93. The zero-order valence-corrected chi connectivity index (χ0v) is 8.94. The van der Waals surface area contributed by atoms with Crippen LogP contribution in [-0.2, 0) is 0 Å². The summed E-state index contributed by atoms with van der Waals surface area (Å²) in [5.74, 6) is 1.54. The highest BCUT2D eigenvalue weighted by Crippen LogP contribution is 2.45. The van der Waals surface area contributed by atoms with Crippen LogP contribution in [0.25, 0.3) is 11.5 Å². The SMILES string of the molecule is c1coc(-c2n[nH]c3c2N2CCC3CC2)c1. The number of nitrogens with zero attached hydrogens (tertiary/aromatic N) is 2. The van der Waals surface area contributed by atoms with Gasteiger partial charge in [0, 0.05) is 19.0 Å². The second-order valence-electron chi connectivity index (χ2n) is 4.57. The number of furan rings is 1. The van der Waals surface area contributed by atoms with Crippen molar-refractivity contribution in [2.24, 2.45) is 0 Å². The Morgan fingerprint density at radius 2 is 2.25 bits per heavy atom. The molecule has 3 aliphatic rings. The normalized spacial score (nSPS) is 19.1. The van der Waals surface area contributed by atoms with E-state index in [9.17, 15) is 0 Å². The molecule has 1 N–H and O–H groups in total. The molecule has 0 atom stereocenters. The molecule has 0 unspecified atom stereocenters. The van der Waals surface area contributed by atoms with Crippen LogP contribution < -0.4 is 4.90 Å². The van der Waals surface area contributed by atoms with Crippen molar-refractivity contribution in [1.82, 2.24) is 10.2 Å². The van der Waals surface area contributed by atoms with Crippen molar-refractivity contribution in [1.29, 1.82) is 0 Å². The largest absolute Gasteiger partial charge is 0.463 e. The second-order valence-corrected chi connectivity index (χ2v) is 4.57. The lowest BCUT2D eigenvalue weighted by Gasteiger charge is -2.39. The number of aromatic amines is 1. The van der Waals surface area contributed by atoms with Crippen molar-refractivity contribution in [2.45, 2.75) is 18.8 Å². The van der Waals surface area contributed by atoms with Crippen LogP contribution in [0, 0.1) is 0 Å². The Hall–Kier alpha value is -1.71. The van der Waals surface area contributed by atoms with Gasteiger partial charge >= 0.3 is 0 Å². The summed E-state index contributed by atoms with van der Waals surface area (Å²) in [6, 6.07) is 3.88. The Labute approximate surface area is 93.3 Å². The zero-order chi connectivity index (χ0) is 10.5. The number of fused-ring (bicyclic) bond motifs is 2. The van der Waals surface area contributed by atoms with E-state index in [4.69, 9.17) is 4.42 Å². The standard InChI is InChI=1S/C12H13N3O/c1-2-9(16-7-1)11-12-10(13-14-11)8-3-5-15(12)6-4-8/h1-2,7-8H,3-6H2,(H,13,14). The molecule has 82 valence electrons. The topological polar surface area (TPSA) is 45.1 Å². The minimum atomic E-state index is 0.677. The Kier molecular flexibility index (Phi) is 1.53. The third-order valence-corrected chi connectivity index (χ3v) is 3.74. The first-order valence-electron chi connectivity index (χ1n) is 5.80. The average Bonchev–Trinajstić information content (AvgIpc) is 3.00. The number of aromatic nitrogens is 2. The highest BCUT2D eigenvalue weighted by molar-refractivity contribution is 5.76. The van der Waals surface area contributed by atoms with Crippen molar-refractivity contribution in [3.05, 3.63) is 24.1 Å². The van der Waals surface area contributed by atoms with Crippen molar-refractivity contribution >= 4 is 5.69 Å². The highest BCUT2D eigenvalue weighted by Gasteiger charge is 2.35. The number of H-pyrrole nitrogens is 1. The van der Waals surface area contributed by atoms with Crippen molar-refractivity contribution in [3.63, 3.8) is 0 Å². The lowest BCUT2D eigenvalue weighted by molar-refractivity contribution is 0.466. The van der Waals surface area contributed by atoms with E-state index in [0.717, 1.165) is 24.5 Å². The maximum absolute atomic E-state index is 5.44. The molecule has 0 amide bonds. The average molecular weight is 215 g/mol. The van der Waals surface area contributed by atoms with Crippen molar-refractivity contribution in [2.75, 3.05) is 18.0 Å². The second kappa shape index (κ2) is 2.90. The minimum Gasteiger partial charge on any atom is -0.463 e. The van der Waals surface area contributed by atoms with Gasteiger partial charge in [-0.2, -0.15) is 5.10 Å². The predicted octanol–water partition coefficient (Wildman–Crippen LogP) is 2.37. The van der Waals surface area contributed by atoms with E-state index < -0.39 is 0 Å². The Bertz CT molecular complexity index is 506. The zero-order valence-electron chi connectivity index (χ0n) is 8.94. The number of piperidine rings is 1. The number of rotatable bonds is 1. The summed E-state index contributed by atoms with van der Waals surface area (Å²) < 4.78 is 5.44. The molecule has 1 saturated heterocycles. The van der Waals surface area contributed by atoms with Crippen LogP contribution in [0.15, 0.2) is 22.8 Å². The molecule has 4 nitrogen and oxygen atoms in total. The van der Waals surface area contributed by atoms with E-state index in [2.05, 4.69) is 15.1 Å². The molecule has 0 saturated carbocycles. The Morgan fingerprint density at radius 1 is 1.38 bits per heavy atom. The third kappa shape index (κ3) is 0.965. The van der Waals surface area contributed by atoms with Gasteiger partial charge in [0.2, 0.25) is 0 Å². The van der Waals surface area contributed by atoms with Crippen LogP contribution in [0.1, 0.15) is 24.5 Å². The summed E-state index contributed by atoms with van der Waals surface area (Å²) in [6.07, 6.45) is 4.21. The Balaban J connectivity index is 1.92. The van der Waals surface area contributed by atoms with E-state index in [0.29, 0.717) is 5.92 Å². The minimum absolute atomic E-state index is 0.677. The fourth-order valence-corrected chi connectivity index (χ4v) is 2.93. The smallest absolute Gasteiger partial charge is 0.156 e. The summed E-state index contributed by atoms with van der Waals surface area (Å²) in [7, 11) is 0. The first kappa shape index (κ1) is 8.44. The van der Waals surface area contributed by atoms with Crippen LogP contribution in [-0.4, -0.2) is 23.3 Å². The summed E-state index contributed by atoms with van der Waals surface area (Å²) in [4.78, 5) is 2.43. The first-order chi connectivity index (χ1) is 7.93. The van der Waals surface area contributed by atoms with Gasteiger partial charge < -0.3 is 9.32 Å². The summed E-state index contributed by atoms with van der Waals surface area (Å²) >= 11 is 0. The van der Waals surface area contributed by atoms with Gasteiger partial charge in [0.05, 0.1) is 17.6 Å². The summed E-state index contributed by atoms with van der Waals surface area (Å²) in [6.45, 7) is 2.32. The van der Waals surface area contributed by atoms with Gasteiger partial charge in [-0.15, -0.1) is 0 Å². The molecular formula is C12H13N3O. The maximum Gasteiger partial charge on any atom is 0.156 e. The van der Waals surface area contributed by atoms with Gasteiger partial charge in [-0.3, -0.25) is 5.10 Å². The number of hydrogen-bond acceptors (Lipinski definition) is 3. The van der Waals surface area contributed by atoms with Gasteiger partial charge in [0.15, 0.2) is 11.5 Å². The quantitative estimate of drug-likeness (QED) is 0.794. The van der Waals surface area contributed by atoms with Crippen LogP contribution in [0.5, 0.6) is 0 Å². The summed E-state index contributed by atoms with van der Waals surface area (Å²) in [5, 5.41) is 7.61. The molecule has 5 heterocycles. The van der Waals surface area contributed by atoms with Crippen molar-refractivity contribution in [3.8, 4) is 11.5 Å². The third-order valence-electron chi connectivity index (χ3n) is 3.74. The van der Waals surface area contributed by atoms with Crippen LogP contribution in [0.2, 0.25) is 0 Å². The first-order valence-corrected chi connectivity index (χ1v) is 5.80. The summed E-state index contributed by atoms with van der Waals surface area (Å²) in [5.41, 5.74) is 3.56. The van der Waals surface area contributed by atoms with Gasteiger partial charge in [-0.05, 0) is 25.0 Å². The molecule has 2 bridgehead atoms. The van der Waals surface area contributed by atoms with E-state index in [1.54, 1.807) is 6.26 Å². The van der Waals surface area contributed by atoms with Crippen LogP contribution >= 0.6 is 0 Å². The molecule has 2 aromatic rings. The lowest BCUT2D eigenvalue weighted by Crippen LogP contribution is -2.38. The monoisotopic (exact) mass is 215 g/mol. The molecule has 1 fully saturated rings. The molecular weight excluding hydrogens is 202 g/mol. The molecule has 16 heavy (non-hydrogen) atoms. The van der Waals surface area contributed by atoms with Gasteiger partial charge in [0.1, 0.15) is 0 Å². The van der Waals surface area contributed by atoms with E-state index in [-0.39, 0.29) is 0 Å². The van der Waals surface area contributed by atoms with E-state index in [1.807, 2.05) is 12.1 Å². The van der Waals surface area contributed by atoms with Crippen molar-refractivity contribution < 1.29 is 4.42 Å². The molecule has 2 aromatic heterocycles. The van der Waals surface area contributed by atoms with Gasteiger partial charge in [0.25, 0.3) is 0 Å². The number of hydrogen-bond donors (Lipinski definition) is 1. The van der Waals surface area contributed by atoms with Crippen LogP contribution in [0.4, 0.5) is 5.69 Å². The molecule has 0 radical (unpaired) electrons.